The molecule has 6 heteroatoms. The second-order valence-electron chi connectivity index (χ2n) is 32.2. The van der Waals surface area contributed by atoms with Gasteiger partial charge in [0.25, 0.3) is 6.71 Å². The molecule has 2 aliphatic rings. The lowest BCUT2D eigenvalue weighted by atomic mass is 9.33. The average molecular weight is 1310 g/mol. The van der Waals surface area contributed by atoms with E-state index in [9.17, 15) is 0 Å². The lowest BCUT2D eigenvalue weighted by Gasteiger charge is -2.46. The van der Waals surface area contributed by atoms with Crippen molar-refractivity contribution in [2.45, 2.75) is 105 Å². The summed E-state index contributed by atoms with van der Waals surface area (Å²) >= 11 is 1.91. The van der Waals surface area contributed by atoms with Crippen LogP contribution in [0.4, 0.5) is 34.1 Å². The number of rotatable bonds is 7. The summed E-state index contributed by atoms with van der Waals surface area (Å²) in [6, 6.07) is 105. The highest BCUT2D eigenvalue weighted by Crippen LogP contribution is 2.55. The molecule has 0 N–H and O–H groups in total. The third-order valence-electron chi connectivity index (χ3n) is 21.6. The number of anilines is 6. The molecule has 0 atom stereocenters. The Morgan fingerprint density at radius 3 is 1.35 bits per heavy atom. The van der Waals surface area contributed by atoms with Crippen LogP contribution in [0.1, 0.15) is 105 Å². The Balaban J connectivity index is 1.00. The summed E-state index contributed by atoms with van der Waals surface area (Å²) in [6.45, 7) is 28.2. The van der Waals surface area contributed by atoms with Gasteiger partial charge < -0.3 is 18.9 Å². The minimum Gasteiger partial charge on any atom is -0.310 e. The SMILES string of the molecule is CC(C)(C)c1cc(-c2ccc3c(c2)B2c4ccc(-n5c6ccccc6c6cc7c(cc65)c5ccccc5n7-c5ccccc5)cc4N(c4c(-c5ccccc5)cc(C(C)(C)C)cc4-c4ccccc4)c4cc(C(C)(C)C)cc(c42)N3c2cccc3c2sc2ccccc23)cc(C(C)(C)C)c1. The maximum atomic E-state index is 2.75. The number of thiophene rings is 1. The Labute approximate surface area is 592 Å². The quantitative estimate of drug-likeness (QED) is 0.148. The summed E-state index contributed by atoms with van der Waals surface area (Å²) in [6.07, 6.45) is 0. The van der Waals surface area contributed by atoms with E-state index in [0.717, 1.165) is 28.3 Å². The molecule has 486 valence electrons. The van der Waals surface area contributed by atoms with Crippen molar-refractivity contribution in [1.29, 1.82) is 0 Å². The van der Waals surface area contributed by atoms with Gasteiger partial charge in [-0.25, -0.2) is 0 Å². The van der Waals surface area contributed by atoms with Crippen molar-refractivity contribution in [3.63, 3.8) is 0 Å². The first-order valence-corrected chi connectivity index (χ1v) is 36.4. The summed E-state index contributed by atoms with van der Waals surface area (Å²) < 4.78 is 7.59. The molecule has 0 aliphatic carbocycles. The van der Waals surface area contributed by atoms with Crippen molar-refractivity contribution >= 4 is 132 Å². The minimum atomic E-state index is -0.268. The van der Waals surface area contributed by atoms with Crippen LogP contribution in [0.2, 0.25) is 0 Å². The Kier molecular flexibility index (Phi) is 13.8. The number of hydrogen-bond acceptors (Lipinski definition) is 3. The number of nitrogens with zero attached hydrogens (tertiary/aromatic N) is 4. The van der Waals surface area contributed by atoms with Crippen LogP contribution in [0.3, 0.4) is 0 Å². The second-order valence-corrected chi connectivity index (χ2v) is 33.2. The normalized spacial score (nSPS) is 13.3. The van der Waals surface area contributed by atoms with Gasteiger partial charge in [0, 0.05) is 82.3 Å². The number of para-hydroxylation sites is 3. The molecule has 0 radical (unpaired) electrons. The largest absolute Gasteiger partial charge is 0.310 e. The molecule has 0 spiro atoms. The first-order chi connectivity index (χ1) is 48.1. The minimum absolute atomic E-state index is 0.0717. The van der Waals surface area contributed by atoms with E-state index in [-0.39, 0.29) is 28.4 Å². The smallest absolute Gasteiger partial charge is 0.252 e. The van der Waals surface area contributed by atoms with Crippen LogP contribution in [0, 0.1) is 0 Å². The molecular formula is C94H81BN4S. The van der Waals surface area contributed by atoms with Gasteiger partial charge in [0.05, 0.1) is 38.1 Å². The van der Waals surface area contributed by atoms with E-state index in [1.54, 1.807) is 0 Å². The molecule has 0 unspecified atom stereocenters. The molecule has 2 aliphatic heterocycles. The Morgan fingerprint density at radius 1 is 0.280 bits per heavy atom. The van der Waals surface area contributed by atoms with Gasteiger partial charge in [0.15, 0.2) is 0 Å². The zero-order valence-corrected chi connectivity index (χ0v) is 60.1. The Bertz CT molecular complexity index is 5930. The zero-order chi connectivity index (χ0) is 68.5. The molecule has 3 aromatic heterocycles. The maximum absolute atomic E-state index is 2.75. The Hall–Kier alpha value is -10.7. The van der Waals surface area contributed by atoms with Gasteiger partial charge in [-0.15, -0.1) is 11.3 Å². The third kappa shape index (κ3) is 9.76. The number of aromatic nitrogens is 2. The van der Waals surface area contributed by atoms with Crippen LogP contribution >= 0.6 is 11.3 Å². The lowest BCUT2D eigenvalue weighted by Crippen LogP contribution is -2.61. The summed E-state index contributed by atoms with van der Waals surface area (Å²) in [5.41, 5.74) is 29.7. The maximum Gasteiger partial charge on any atom is 0.252 e. The molecule has 0 fully saturated rings. The zero-order valence-electron chi connectivity index (χ0n) is 59.3. The van der Waals surface area contributed by atoms with Crippen molar-refractivity contribution in [2.75, 3.05) is 9.80 Å². The predicted molar refractivity (Wildman–Crippen MR) is 433 cm³/mol. The van der Waals surface area contributed by atoms with Gasteiger partial charge >= 0.3 is 0 Å². The second kappa shape index (κ2) is 22.4. The van der Waals surface area contributed by atoms with E-state index in [1.165, 1.54) is 153 Å². The van der Waals surface area contributed by atoms with E-state index >= 15 is 0 Å². The van der Waals surface area contributed by atoms with Crippen LogP contribution in [-0.2, 0) is 21.7 Å². The number of fused-ring (bicyclic) bond motifs is 13. The lowest BCUT2D eigenvalue weighted by molar-refractivity contribution is 0.569. The van der Waals surface area contributed by atoms with Gasteiger partial charge in [0.2, 0.25) is 0 Å². The molecule has 18 rings (SSSR count). The van der Waals surface area contributed by atoms with Crippen LogP contribution in [0.25, 0.3) is 109 Å². The van der Waals surface area contributed by atoms with E-state index in [0.29, 0.717) is 0 Å². The van der Waals surface area contributed by atoms with Crippen LogP contribution in [-0.4, -0.2) is 15.8 Å². The standard InChI is InChI=1S/C94H81BN4S/c1-91(2,3)62-47-61(48-63(50-62)92(4,5)6)60-43-46-80-77(49-60)95-76-45-44-67(97-79-40-26-23-36-69(79)75-56-82-74(57-83(75)97)68-35-22-25-39-78(68)96(82)66-33-20-15-21-34-66)55-84(76)99(89-72(58-29-16-13-17-30-58)51-64(93(7,8)9)52-73(89)59-31-18-14-19-32-59)86-54-65(94(10,11)12)53-85(88(86)95)98(80)81-41-28-38-71-70-37-24-27-42-87(70)100-90(71)81/h13-57H,1-12H3. The highest BCUT2D eigenvalue weighted by atomic mass is 32.1. The first kappa shape index (κ1) is 61.7. The molecule has 0 saturated heterocycles. The summed E-state index contributed by atoms with van der Waals surface area (Å²) in [5.74, 6) is 0. The highest BCUT2D eigenvalue weighted by molar-refractivity contribution is 7.26. The molecule has 4 nitrogen and oxygen atoms in total. The van der Waals surface area contributed by atoms with Gasteiger partial charge in [-0.3, -0.25) is 0 Å². The van der Waals surface area contributed by atoms with Crippen molar-refractivity contribution in [3.05, 3.63) is 295 Å². The van der Waals surface area contributed by atoms with Crippen LogP contribution in [0.5, 0.6) is 0 Å². The summed E-state index contributed by atoms with van der Waals surface area (Å²) in [5, 5.41) is 7.44. The number of hydrogen-bond donors (Lipinski definition) is 0. The fourth-order valence-electron chi connectivity index (χ4n) is 16.4. The van der Waals surface area contributed by atoms with Crippen molar-refractivity contribution < 1.29 is 0 Å². The molecule has 0 saturated carbocycles. The van der Waals surface area contributed by atoms with Gasteiger partial charge in [-0.2, -0.15) is 0 Å². The molecule has 0 amide bonds. The topological polar surface area (TPSA) is 16.3 Å². The Morgan fingerprint density at radius 2 is 0.770 bits per heavy atom. The highest BCUT2D eigenvalue weighted by Gasteiger charge is 2.46. The molecule has 100 heavy (non-hydrogen) atoms. The summed E-state index contributed by atoms with van der Waals surface area (Å²) in [4.78, 5) is 5.42. The fraction of sp³-hybridized carbons (Fsp3) is 0.170. The summed E-state index contributed by atoms with van der Waals surface area (Å²) in [7, 11) is 0. The first-order valence-electron chi connectivity index (χ1n) is 35.6. The molecule has 16 aromatic rings. The van der Waals surface area contributed by atoms with E-state index in [2.05, 4.69) is 375 Å². The molecular weight excluding hydrogens is 1230 g/mol. The van der Waals surface area contributed by atoms with Crippen LogP contribution in [0.15, 0.2) is 273 Å². The van der Waals surface area contributed by atoms with Crippen molar-refractivity contribution in [2.24, 2.45) is 0 Å². The van der Waals surface area contributed by atoms with E-state index in [4.69, 9.17) is 0 Å². The van der Waals surface area contributed by atoms with E-state index in [1.807, 2.05) is 11.3 Å². The van der Waals surface area contributed by atoms with Gasteiger partial charge in [-0.1, -0.05) is 265 Å². The average Bonchev–Trinajstić information content (AvgIpc) is 1.27. The third-order valence-corrected chi connectivity index (χ3v) is 22.9. The van der Waals surface area contributed by atoms with Gasteiger partial charge in [0.1, 0.15) is 0 Å². The van der Waals surface area contributed by atoms with Crippen molar-refractivity contribution in [1.82, 2.24) is 9.13 Å². The molecule has 0 bridgehead atoms. The van der Waals surface area contributed by atoms with Crippen molar-refractivity contribution in [3.8, 4) is 44.8 Å². The van der Waals surface area contributed by atoms with E-state index < -0.39 is 0 Å². The predicted octanol–water partition coefficient (Wildman–Crippen LogP) is 24.5. The monoisotopic (exact) mass is 1310 g/mol. The molecule has 5 heterocycles. The number of benzene rings is 13. The molecule has 13 aromatic carbocycles. The fourth-order valence-corrected chi connectivity index (χ4v) is 17.6. The van der Waals surface area contributed by atoms with Gasteiger partial charge in [-0.05, 0) is 174 Å². The van der Waals surface area contributed by atoms with Crippen LogP contribution < -0.4 is 26.2 Å².